The average Bonchev–Trinajstić information content (AvgIpc) is 3.10. The Labute approximate surface area is 183 Å². The second kappa shape index (κ2) is 10.0. The Morgan fingerprint density at radius 1 is 0.806 bits per heavy atom. The van der Waals surface area contributed by atoms with E-state index in [-0.39, 0.29) is 5.91 Å². The molecule has 0 atom stereocenters. The number of ether oxygens (including phenoxy) is 2. The number of rotatable bonds is 6. The van der Waals surface area contributed by atoms with Gasteiger partial charge in [0.1, 0.15) is 18.1 Å². The van der Waals surface area contributed by atoms with Gasteiger partial charge in [-0.05, 0) is 48.9 Å². The molecule has 1 amide bonds. The van der Waals surface area contributed by atoms with Crippen molar-refractivity contribution < 1.29 is 14.3 Å². The van der Waals surface area contributed by atoms with Crippen LogP contribution in [-0.4, -0.2) is 44.1 Å². The molecule has 0 aromatic heterocycles. The molecule has 5 nitrogen and oxygen atoms in total. The highest BCUT2D eigenvalue weighted by Gasteiger charge is 2.22. The van der Waals surface area contributed by atoms with Gasteiger partial charge in [0, 0.05) is 43.0 Å². The summed E-state index contributed by atoms with van der Waals surface area (Å²) in [7, 11) is 1.67. The van der Waals surface area contributed by atoms with Crippen molar-refractivity contribution in [3.8, 4) is 11.5 Å². The third-order valence-corrected chi connectivity index (χ3v) is 5.61. The van der Waals surface area contributed by atoms with Gasteiger partial charge in [-0.25, -0.2) is 0 Å². The van der Waals surface area contributed by atoms with E-state index in [1.807, 2.05) is 71.6 Å². The van der Waals surface area contributed by atoms with Crippen molar-refractivity contribution in [2.45, 2.75) is 13.0 Å². The second-order valence-electron chi connectivity index (χ2n) is 7.59. The lowest BCUT2D eigenvalue weighted by molar-refractivity contribution is 0.0764. The minimum absolute atomic E-state index is 0.0730. The van der Waals surface area contributed by atoms with Gasteiger partial charge in [-0.15, -0.1) is 0 Å². The van der Waals surface area contributed by atoms with E-state index in [0.717, 1.165) is 54.4 Å². The third-order valence-electron chi connectivity index (χ3n) is 5.61. The normalized spacial score (nSPS) is 14.1. The summed E-state index contributed by atoms with van der Waals surface area (Å²) in [5, 5.41) is 0. The maximum atomic E-state index is 13.3. The molecule has 0 saturated carbocycles. The van der Waals surface area contributed by atoms with Crippen molar-refractivity contribution in [1.82, 2.24) is 4.90 Å². The number of nitrogens with zero attached hydrogens (tertiary/aromatic N) is 2. The maximum absolute atomic E-state index is 13.3. The highest BCUT2D eigenvalue weighted by atomic mass is 16.5. The van der Waals surface area contributed by atoms with E-state index in [9.17, 15) is 4.79 Å². The van der Waals surface area contributed by atoms with E-state index in [1.54, 1.807) is 7.11 Å². The lowest BCUT2D eigenvalue weighted by Gasteiger charge is -2.24. The fourth-order valence-corrected chi connectivity index (χ4v) is 3.87. The highest BCUT2D eigenvalue weighted by molar-refractivity contribution is 5.95. The average molecular weight is 417 g/mol. The molecule has 1 fully saturated rings. The van der Waals surface area contributed by atoms with Crippen LogP contribution in [0.1, 0.15) is 22.3 Å². The second-order valence-corrected chi connectivity index (χ2v) is 7.59. The minimum Gasteiger partial charge on any atom is -0.497 e. The Bertz CT molecular complexity index is 989. The fraction of sp³-hybridized carbons (Fsp3) is 0.269. The molecular weight excluding hydrogens is 388 g/mol. The van der Waals surface area contributed by atoms with Crippen molar-refractivity contribution in [3.05, 3.63) is 90.0 Å². The van der Waals surface area contributed by atoms with Crippen molar-refractivity contribution >= 4 is 11.6 Å². The van der Waals surface area contributed by atoms with E-state index >= 15 is 0 Å². The van der Waals surface area contributed by atoms with Crippen LogP contribution in [0.4, 0.5) is 5.69 Å². The number of methoxy groups -OCH3 is 1. The van der Waals surface area contributed by atoms with Crippen LogP contribution in [0.2, 0.25) is 0 Å². The van der Waals surface area contributed by atoms with Crippen LogP contribution in [0.3, 0.4) is 0 Å². The first-order chi connectivity index (χ1) is 15.2. The van der Waals surface area contributed by atoms with E-state index in [0.29, 0.717) is 13.2 Å². The van der Waals surface area contributed by atoms with E-state index in [1.165, 1.54) is 0 Å². The topological polar surface area (TPSA) is 42.0 Å². The fourth-order valence-electron chi connectivity index (χ4n) is 3.87. The summed E-state index contributed by atoms with van der Waals surface area (Å²) in [6, 6.07) is 25.5. The lowest BCUT2D eigenvalue weighted by Crippen LogP contribution is -2.35. The molecule has 160 valence electrons. The number of carbonyl (C=O) groups excluding carboxylic acids is 1. The first-order valence-electron chi connectivity index (χ1n) is 10.7. The van der Waals surface area contributed by atoms with E-state index in [2.05, 4.69) is 17.0 Å². The highest BCUT2D eigenvalue weighted by Crippen LogP contribution is 2.22. The molecule has 0 N–H and O–H groups in total. The molecule has 0 unspecified atom stereocenters. The minimum atomic E-state index is 0.0730. The smallest absolute Gasteiger partial charge is 0.254 e. The molecule has 0 spiro atoms. The van der Waals surface area contributed by atoms with Gasteiger partial charge in [0.25, 0.3) is 5.91 Å². The van der Waals surface area contributed by atoms with Crippen LogP contribution in [0, 0.1) is 0 Å². The Morgan fingerprint density at radius 3 is 2.32 bits per heavy atom. The zero-order valence-electron chi connectivity index (χ0n) is 17.9. The Morgan fingerprint density at radius 2 is 1.55 bits per heavy atom. The van der Waals surface area contributed by atoms with Crippen molar-refractivity contribution in [2.75, 3.05) is 38.2 Å². The molecule has 1 heterocycles. The molecular formula is C26H28N2O3. The molecule has 4 rings (SSSR count). The van der Waals surface area contributed by atoms with E-state index < -0.39 is 0 Å². The van der Waals surface area contributed by atoms with Gasteiger partial charge in [0.15, 0.2) is 0 Å². The summed E-state index contributed by atoms with van der Waals surface area (Å²) in [6.45, 7) is 3.55. The lowest BCUT2D eigenvalue weighted by atomic mass is 10.1. The molecule has 3 aromatic rings. The standard InChI is InChI=1S/C26H28N2O3/c1-30-23-14-12-22(13-15-23)27-16-7-17-28(19-18-27)26(29)25-11-6-5-8-21(25)20-31-24-9-3-2-4-10-24/h2-6,8-15H,7,16-20H2,1H3. The monoisotopic (exact) mass is 416 g/mol. The summed E-state index contributed by atoms with van der Waals surface area (Å²) in [5.41, 5.74) is 2.79. The first-order valence-corrected chi connectivity index (χ1v) is 10.7. The van der Waals surface area contributed by atoms with Crippen molar-refractivity contribution in [3.63, 3.8) is 0 Å². The third kappa shape index (κ3) is 5.18. The van der Waals surface area contributed by atoms with Crippen LogP contribution >= 0.6 is 0 Å². The van der Waals surface area contributed by atoms with Gasteiger partial charge < -0.3 is 19.3 Å². The van der Waals surface area contributed by atoms with Crippen molar-refractivity contribution in [2.24, 2.45) is 0 Å². The first kappa shape index (κ1) is 20.8. The molecule has 5 heteroatoms. The van der Waals surface area contributed by atoms with Crippen LogP contribution < -0.4 is 14.4 Å². The summed E-state index contributed by atoms with van der Waals surface area (Å²) in [5.74, 6) is 1.73. The Hall–Kier alpha value is -3.47. The van der Waals surface area contributed by atoms with Crippen molar-refractivity contribution in [1.29, 1.82) is 0 Å². The molecule has 1 saturated heterocycles. The zero-order valence-corrected chi connectivity index (χ0v) is 17.9. The van der Waals surface area contributed by atoms with Gasteiger partial charge in [-0.1, -0.05) is 36.4 Å². The number of anilines is 1. The molecule has 31 heavy (non-hydrogen) atoms. The predicted octanol–water partition coefficient (Wildman–Crippen LogP) is 4.63. The van der Waals surface area contributed by atoms with Gasteiger partial charge in [-0.3, -0.25) is 4.79 Å². The number of hydrogen-bond acceptors (Lipinski definition) is 4. The Balaban J connectivity index is 1.42. The Kier molecular flexibility index (Phi) is 6.72. The summed E-state index contributed by atoms with van der Waals surface area (Å²) in [6.07, 6.45) is 0.931. The quantitative estimate of drug-likeness (QED) is 0.588. The number of benzene rings is 3. The van der Waals surface area contributed by atoms with Gasteiger partial charge in [0.2, 0.25) is 0 Å². The van der Waals surface area contributed by atoms with Gasteiger partial charge >= 0.3 is 0 Å². The summed E-state index contributed by atoms with van der Waals surface area (Å²) in [4.78, 5) is 17.6. The maximum Gasteiger partial charge on any atom is 0.254 e. The number of carbonyl (C=O) groups is 1. The number of amides is 1. The zero-order chi connectivity index (χ0) is 21.5. The van der Waals surface area contributed by atoms with Crippen LogP contribution in [0.5, 0.6) is 11.5 Å². The molecule has 3 aromatic carbocycles. The SMILES string of the molecule is COc1ccc(N2CCCN(C(=O)c3ccccc3COc3ccccc3)CC2)cc1. The van der Waals surface area contributed by atoms with E-state index in [4.69, 9.17) is 9.47 Å². The summed E-state index contributed by atoms with van der Waals surface area (Å²) >= 11 is 0. The largest absolute Gasteiger partial charge is 0.497 e. The van der Waals surface area contributed by atoms with Crippen LogP contribution in [-0.2, 0) is 6.61 Å². The van der Waals surface area contributed by atoms with Crippen LogP contribution in [0.25, 0.3) is 0 Å². The van der Waals surface area contributed by atoms with Gasteiger partial charge in [0.05, 0.1) is 7.11 Å². The molecule has 0 radical (unpaired) electrons. The number of hydrogen-bond donors (Lipinski definition) is 0. The molecule has 1 aliphatic heterocycles. The van der Waals surface area contributed by atoms with Gasteiger partial charge in [-0.2, -0.15) is 0 Å². The summed E-state index contributed by atoms with van der Waals surface area (Å²) < 4.78 is 11.2. The predicted molar refractivity (Wildman–Crippen MR) is 123 cm³/mol. The molecule has 0 aliphatic carbocycles. The number of para-hydroxylation sites is 1. The molecule has 1 aliphatic rings. The van der Waals surface area contributed by atoms with Crippen LogP contribution in [0.15, 0.2) is 78.9 Å². The molecule has 0 bridgehead atoms.